The van der Waals surface area contributed by atoms with Crippen LogP contribution in [0.4, 0.5) is 0 Å². The van der Waals surface area contributed by atoms with Crippen molar-refractivity contribution in [3.05, 3.63) is 22.2 Å². The third kappa shape index (κ3) is 2.44. The summed E-state index contributed by atoms with van der Waals surface area (Å²) in [7, 11) is 0. The monoisotopic (exact) mass is 184 g/mol. The zero-order valence-electron chi connectivity index (χ0n) is 6.44. The Hall–Kier alpha value is -1.20. The van der Waals surface area contributed by atoms with Gasteiger partial charge < -0.3 is 0 Å². The summed E-state index contributed by atoms with van der Waals surface area (Å²) in [6, 6.07) is 0. The number of carbonyl (C=O) groups excluding carboxylic acids is 1. The second-order valence-electron chi connectivity index (χ2n) is 2.10. The Labute approximate surface area is 73.5 Å². The molecule has 0 aliphatic rings. The lowest BCUT2D eigenvalue weighted by Gasteiger charge is -1.86. The second kappa shape index (κ2) is 3.99. The molecule has 0 unspecified atom stereocenters. The summed E-state index contributed by atoms with van der Waals surface area (Å²) in [6.45, 7) is 1.88. The number of carbonyl (C=O) groups is 1. The number of hydroxylamine groups is 1. The van der Waals surface area contributed by atoms with Gasteiger partial charge in [0.1, 0.15) is 0 Å². The quantitative estimate of drug-likeness (QED) is 0.409. The van der Waals surface area contributed by atoms with Gasteiger partial charge >= 0.3 is 0 Å². The van der Waals surface area contributed by atoms with Crippen molar-refractivity contribution in [1.82, 2.24) is 10.5 Å². The van der Waals surface area contributed by atoms with Gasteiger partial charge in [-0.2, -0.15) is 0 Å². The van der Waals surface area contributed by atoms with Gasteiger partial charge in [-0.1, -0.05) is 0 Å². The molecule has 0 saturated heterocycles. The Bertz CT molecular complexity index is 306. The van der Waals surface area contributed by atoms with Gasteiger partial charge in [-0.05, 0) is 13.0 Å². The molecule has 0 aliphatic heterocycles. The Balaban J connectivity index is 2.63. The summed E-state index contributed by atoms with van der Waals surface area (Å²) in [6.07, 6.45) is 2.75. The number of thiazole rings is 1. The van der Waals surface area contributed by atoms with E-state index in [4.69, 9.17) is 5.21 Å². The molecule has 5 heteroatoms. The van der Waals surface area contributed by atoms with Crippen LogP contribution in [0.5, 0.6) is 0 Å². The van der Waals surface area contributed by atoms with Crippen molar-refractivity contribution >= 4 is 23.3 Å². The minimum Gasteiger partial charge on any atom is -0.288 e. The van der Waals surface area contributed by atoms with Gasteiger partial charge in [0, 0.05) is 11.5 Å². The van der Waals surface area contributed by atoms with Crippen molar-refractivity contribution < 1.29 is 10.0 Å². The van der Waals surface area contributed by atoms with E-state index in [0.29, 0.717) is 0 Å². The highest BCUT2D eigenvalue weighted by Crippen LogP contribution is 2.08. The largest absolute Gasteiger partial charge is 0.288 e. The zero-order valence-corrected chi connectivity index (χ0v) is 7.26. The molecule has 1 aromatic rings. The molecule has 1 heterocycles. The number of nitrogens with one attached hydrogen (secondary N) is 1. The number of nitrogens with zero attached hydrogens (tertiary/aromatic N) is 1. The number of rotatable bonds is 2. The number of hydrogen-bond donors (Lipinski definition) is 2. The second-order valence-corrected chi connectivity index (χ2v) is 3.16. The van der Waals surface area contributed by atoms with E-state index in [-0.39, 0.29) is 0 Å². The van der Waals surface area contributed by atoms with E-state index in [1.807, 2.05) is 12.3 Å². The predicted molar refractivity (Wildman–Crippen MR) is 45.8 cm³/mol. The average Bonchev–Trinajstić information content (AvgIpc) is 2.47. The summed E-state index contributed by atoms with van der Waals surface area (Å²) in [5.74, 6) is -0.555. The summed E-state index contributed by atoms with van der Waals surface area (Å²) in [5.41, 5.74) is 2.22. The Kier molecular flexibility index (Phi) is 2.95. The first-order valence-corrected chi connectivity index (χ1v) is 4.14. The third-order valence-corrected chi connectivity index (χ3v) is 1.94. The van der Waals surface area contributed by atoms with Crippen LogP contribution < -0.4 is 5.48 Å². The van der Waals surface area contributed by atoms with E-state index in [1.165, 1.54) is 29.0 Å². The topological polar surface area (TPSA) is 62.2 Å². The molecule has 0 spiro atoms. The van der Waals surface area contributed by atoms with E-state index in [1.54, 1.807) is 0 Å². The molecule has 0 aliphatic carbocycles. The molecule has 0 atom stereocenters. The van der Waals surface area contributed by atoms with Crippen molar-refractivity contribution in [1.29, 1.82) is 0 Å². The van der Waals surface area contributed by atoms with Crippen LogP contribution in [0.3, 0.4) is 0 Å². The number of aromatic nitrogens is 1. The smallest absolute Gasteiger partial charge is 0.267 e. The van der Waals surface area contributed by atoms with Gasteiger partial charge in [0.25, 0.3) is 5.91 Å². The standard InChI is InChI=1S/C7H8N2O2S/c1-5-8-6(4-12-5)2-3-7(10)9-11/h2-4,11H,1H3,(H,9,10)/b3-2+. The van der Waals surface area contributed by atoms with Crippen LogP contribution in [0.2, 0.25) is 0 Å². The van der Waals surface area contributed by atoms with Crippen molar-refractivity contribution in [2.24, 2.45) is 0 Å². The van der Waals surface area contributed by atoms with Crippen LogP contribution in [0, 0.1) is 6.92 Å². The molecule has 0 bridgehead atoms. The summed E-state index contributed by atoms with van der Waals surface area (Å²) >= 11 is 1.51. The molecule has 64 valence electrons. The Morgan fingerprint density at radius 1 is 1.83 bits per heavy atom. The van der Waals surface area contributed by atoms with Crippen LogP contribution in [-0.2, 0) is 4.79 Å². The minimum absolute atomic E-state index is 0.555. The van der Waals surface area contributed by atoms with Crippen molar-refractivity contribution in [3.63, 3.8) is 0 Å². The van der Waals surface area contributed by atoms with Gasteiger partial charge in [-0.15, -0.1) is 11.3 Å². The maximum Gasteiger partial charge on any atom is 0.267 e. The van der Waals surface area contributed by atoms with E-state index >= 15 is 0 Å². The molecule has 12 heavy (non-hydrogen) atoms. The molecule has 0 fully saturated rings. The molecule has 2 N–H and O–H groups in total. The molecule has 0 aromatic carbocycles. The predicted octanol–water partition coefficient (Wildman–Crippen LogP) is 0.970. The van der Waals surface area contributed by atoms with Gasteiger partial charge in [-0.3, -0.25) is 10.0 Å². The highest BCUT2D eigenvalue weighted by Gasteiger charge is 1.94. The van der Waals surface area contributed by atoms with Gasteiger partial charge in [-0.25, -0.2) is 10.5 Å². The average molecular weight is 184 g/mol. The van der Waals surface area contributed by atoms with Crippen LogP contribution in [0.1, 0.15) is 10.7 Å². The Morgan fingerprint density at radius 3 is 3.08 bits per heavy atom. The molecule has 1 rings (SSSR count). The molecular formula is C7H8N2O2S. The SMILES string of the molecule is Cc1nc(/C=C/C(=O)NO)cs1. The lowest BCUT2D eigenvalue weighted by molar-refractivity contribution is -0.124. The third-order valence-electron chi connectivity index (χ3n) is 1.15. The summed E-state index contributed by atoms with van der Waals surface area (Å²) < 4.78 is 0. The summed E-state index contributed by atoms with van der Waals surface area (Å²) in [4.78, 5) is 14.6. The van der Waals surface area contributed by atoms with Crippen molar-refractivity contribution in [2.75, 3.05) is 0 Å². The lowest BCUT2D eigenvalue weighted by Crippen LogP contribution is -2.14. The van der Waals surface area contributed by atoms with Gasteiger partial charge in [0.2, 0.25) is 0 Å². The fraction of sp³-hybridized carbons (Fsp3) is 0.143. The van der Waals surface area contributed by atoms with Crippen LogP contribution in [0.15, 0.2) is 11.5 Å². The molecule has 1 aromatic heterocycles. The minimum atomic E-state index is -0.555. The fourth-order valence-corrected chi connectivity index (χ4v) is 1.24. The van der Waals surface area contributed by atoms with Gasteiger partial charge in [0.05, 0.1) is 10.7 Å². The molecule has 1 amide bonds. The molecular weight excluding hydrogens is 176 g/mol. The van der Waals surface area contributed by atoms with E-state index in [0.717, 1.165) is 10.7 Å². The normalized spacial score (nSPS) is 10.5. The number of aryl methyl sites for hydroxylation is 1. The fourth-order valence-electron chi connectivity index (χ4n) is 0.655. The maximum atomic E-state index is 10.5. The van der Waals surface area contributed by atoms with E-state index in [9.17, 15) is 4.79 Å². The summed E-state index contributed by atoms with van der Waals surface area (Å²) in [5, 5.41) is 10.9. The first-order valence-electron chi connectivity index (χ1n) is 3.26. The van der Waals surface area contributed by atoms with Crippen LogP contribution in [-0.4, -0.2) is 16.1 Å². The highest BCUT2D eigenvalue weighted by atomic mass is 32.1. The molecule has 0 saturated carbocycles. The van der Waals surface area contributed by atoms with Gasteiger partial charge in [0.15, 0.2) is 0 Å². The number of hydrogen-bond acceptors (Lipinski definition) is 4. The lowest BCUT2D eigenvalue weighted by atomic mass is 10.4. The zero-order chi connectivity index (χ0) is 8.97. The van der Waals surface area contributed by atoms with Crippen molar-refractivity contribution in [2.45, 2.75) is 6.92 Å². The van der Waals surface area contributed by atoms with E-state index < -0.39 is 5.91 Å². The van der Waals surface area contributed by atoms with Crippen LogP contribution >= 0.6 is 11.3 Å². The Morgan fingerprint density at radius 2 is 2.58 bits per heavy atom. The number of amides is 1. The van der Waals surface area contributed by atoms with Crippen molar-refractivity contribution in [3.8, 4) is 0 Å². The van der Waals surface area contributed by atoms with E-state index in [2.05, 4.69) is 4.98 Å². The first kappa shape index (κ1) is 8.89. The van der Waals surface area contributed by atoms with Crippen LogP contribution in [0.25, 0.3) is 6.08 Å². The first-order chi connectivity index (χ1) is 5.72. The molecule has 0 radical (unpaired) electrons. The molecule has 4 nitrogen and oxygen atoms in total. The maximum absolute atomic E-state index is 10.5. The highest BCUT2D eigenvalue weighted by molar-refractivity contribution is 7.09.